The van der Waals surface area contributed by atoms with E-state index in [0.29, 0.717) is 6.42 Å². The summed E-state index contributed by atoms with van der Waals surface area (Å²) in [5.74, 6) is -1.09. The molecule has 0 aliphatic rings. The van der Waals surface area contributed by atoms with Gasteiger partial charge in [-0.25, -0.2) is 0 Å². The average molecular weight is 252 g/mol. The van der Waals surface area contributed by atoms with Crippen molar-refractivity contribution in [2.75, 3.05) is 6.54 Å². The van der Waals surface area contributed by atoms with Crippen LogP contribution in [-0.2, 0) is 4.79 Å². The minimum atomic E-state index is -1.40. The predicted molar refractivity (Wildman–Crippen MR) is 54.8 cm³/mol. The maximum absolute atomic E-state index is 10.5. The van der Waals surface area contributed by atoms with Crippen molar-refractivity contribution in [3.05, 3.63) is 0 Å². The SMILES string of the molecule is CCCCC(CCC(=O)O)(CN(O)O)N(O)O. The van der Waals surface area contributed by atoms with E-state index in [9.17, 15) is 15.2 Å². The van der Waals surface area contributed by atoms with Gasteiger partial charge in [0.25, 0.3) is 0 Å². The quantitative estimate of drug-likeness (QED) is 0.384. The highest BCUT2D eigenvalue weighted by molar-refractivity contribution is 5.66. The molecule has 0 saturated heterocycles. The second-order valence-electron chi connectivity index (χ2n) is 4.04. The van der Waals surface area contributed by atoms with Crippen LogP contribution in [0.1, 0.15) is 39.0 Å². The van der Waals surface area contributed by atoms with Crippen molar-refractivity contribution < 1.29 is 30.7 Å². The van der Waals surface area contributed by atoms with Crippen LogP contribution in [0, 0.1) is 0 Å². The Bertz CT molecular complexity index is 236. The Balaban J connectivity index is 4.74. The monoisotopic (exact) mass is 252 g/mol. The molecule has 17 heavy (non-hydrogen) atoms. The zero-order chi connectivity index (χ0) is 13.5. The fourth-order valence-electron chi connectivity index (χ4n) is 1.66. The Morgan fingerprint density at radius 1 is 1.18 bits per heavy atom. The Kier molecular flexibility index (Phi) is 7.19. The number of carboxylic acid groups (broad SMARTS) is 1. The zero-order valence-corrected chi connectivity index (χ0v) is 9.78. The number of hydroxylamine groups is 4. The lowest BCUT2D eigenvalue weighted by Gasteiger charge is -2.36. The molecule has 0 aliphatic heterocycles. The summed E-state index contributed by atoms with van der Waals surface area (Å²) < 4.78 is 0. The van der Waals surface area contributed by atoms with E-state index in [1.54, 1.807) is 0 Å². The molecule has 8 nitrogen and oxygen atoms in total. The van der Waals surface area contributed by atoms with E-state index in [0.717, 1.165) is 6.42 Å². The first-order chi connectivity index (χ1) is 7.84. The minimum absolute atomic E-state index is 0.104. The summed E-state index contributed by atoms with van der Waals surface area (Å²) in [6.45, 7) is 1.41. The number of carbonyl (C=O) groups is 1. The number of hydrogen-bond acceptors (Lipinski definition) is 7. The topological polar surface area (TPSA) is 125 Å². The van der Waals surface area contributed by atoms with Crippen molar-refractivity contribution in [3.8, 4) is 0 Å². The third kappa shape index (κ3) is 5.91. The summed E-state index contributed by atoms with van der Waals surface area (Å²) in [6.07, 6.45) is 1.20. The lowest BCUT2D eigenvalue weighted by molar-refractivity contribution is -0.398. The molecule has 0 spiro atoms. The van der Waals surface area contributed by atoms with E-state index in [2.05, 4.69) is 0 Å². The maximum Gasteiger partial charge on any atom is 0.303 e. The Hall–Kier alpha value is -0.770. The van der Waals surface area contributed by atoms with Gasteiger partial charge in [-0.15, -0.1) is 0 Å². The minimum Gasteiger partial charge on any atom is -0.481 e. The van der Waals surface area contributed by atoms with Gasteiger partial charge < -0.3 is 5.11 Å². The van der Waals surface area contributed by atoms with Gasteiger partial charge in [0, 0.05) is 6.42 Å². The van der Waals surface area contributed by atoms with Gasteiger partial charge in [-0.3, -0.25) is 25.6 Å². The van der Waals surface area contributed by atoms with E-state index in [-0.39, 0.29) is 29.7 Å². The van der Waals surface area contributed by atoms with Crippen molar-refractivity contribution in [2.45, 2.75) is 44.6 Å². The Morgan fingerprint density at radius 3 is 2.12 bits per heavy atom. The number of aliphatic carboxylic acids is 1. The molecule has 0 aromatic heterocycles. The molecule has 0 rings (SSSR count). The average Bonchev–Trinajstić information content (AvgIpc) is 2.21. The number of carboxylic acids is 1. The predicted octanol–water partition coefficient (Wildman–Crippen LogP) is 0.941. The van der Waals surface area contributed by atoms with Gasteiger partial charge in [0.1, 0.15) is 0 Å². The molecule has 1 atom stereocenters. The zero-order valence-electron chi connectivity index (χ0n) is 9.78. The van der Waals surface area contributed by atoms with E-state index >= 15 is 0 Å². The lowest BCUT2D eigenvalue weighted by Crippen LogP contribution is -2.52. The smallest absolute Gasteiger partial charge is 0.303 e. The molecule has 0 aliphatic carbocycles. The number of hydrogen-bond donors (Lipinski definition) is 5. The number of rotatable bonds is 9. The fourth-order valence-corrected chi connectivity index (χ4v) is 1.66. The maximum atomic E-state index is 10.5. The van der Waals surface area contributed by atoms with Crippen LogP contribution in [0.15, 0.2) is 0 Å². The van der Waals surface area contributed by atoms with Gasteiger partial charge >= 0.3 is 5.97 Å². The van der Waals surface area contributed by atoms with Crippen LogP contribution < -0.4 is 0 Å². The first-order valence-electron chi connectivity index (χ1n) is 5.39. The van der Waals surface area contributed by atoms with Crippen LogP contribution in [0.3, 0.4) is 0 Å². The number of nitrogens with zero attached hydrogens (tertiary/aromatic N) is 2. The fraction of sp³-hybridized carbons (Fsp3) is 0.889. The second-order valence-corrected chi connectivity index (χ2v) is 4.04. The van der Waals surface area contributed by atoms with Crippen LogP contribution in [0.25, 0.3) is 0 Å². The largest absolute Gasteiger partial charge is 0.481 e. The van der Waals surface area contributed by atoms with E-state index in [1.165, 1.54) is 0 Å². The summed E-state index contributed by atoms with van der Waals surface area (Å²) in [6, 6.07) is 0. The Morgan fingerprint density at radius 2 is 1.76 bits per heavy atom. The Labute approximate surface area is 99.1 Å². The van der Waals surface area contributed by atoms with Crippen molar-refractivity contribution >= 4 is 5.97 Å². The highest BCUT2D eigenvalue weighted by Crippen LogP contribution is 2.26. The van der Waals surface area contributed by atoms with Gasteiger partial charge in [0.2, 0.25) is 0 Å². The van der Waals surface area contributed by atoms with Crippen LogP contribution >= 0.6 is 0 Å². The molecule has 0 radical (unpaired) electrons. The molecule has 0 bridgehead atoms. The lowest BCUT2D eigenvalue weighted by atomic mass is 9.88. The molecular formula is C9H20N2O6. The summed E-state index contributed by atoms with van der Waals surface area (Å²) in [4.78, 5) is 10.5. The highest BCUT2D eigenvalue weighted by atomic mass is 16.8. The van der Waals surface area contributed by atoms with Gasteiger partial charge in [0.15, 0.2) is 0 Å². The molecule has 0 fully saturated rings. The first kappa shape index (κ1) is 16.2. The molecule has 0 saturated carbocycles. The third-order valence-corrected chi connectivity index (χ3v) is 2.66. The molecule has 102 valence electrons. The van der Waals surface area contributed by atoms with Crippen molar-refractivity contribution in [1.82, 2.24) is 10.5 Å². The van der Waals surface area contributed by atoms with Crippen LogP contribution in [0.5, 0.6) is 0 Å². The van der Waals surface area contributed by atoms with Gasteiger partial charge in [-0.2, -0.15) is 0 Å². The molecule has 0 amide bonds. The molecule has 0 aromatic carbocycles. The molecular weight excluding hydrogens is 232 g/mol. The van der Waals surface area contributed by atoms with Gasteiger partial charge in [0.05, 0.1) is 12.1 Å². The summed E-state index contributed by atoms with van der Waals surface area (Å²) in [5, 5.41) is 44.3. The van der Waals surface area contributed by atoms with Crippen molar-refractivity contribution in [1.29, 1.82) is 0 Å². The summed E-state index contributed by atoms with van der Waals surface area (Å²) in [7, 11) is 0. The normalized spacial score (nSPS) is 15.2. The van der Waals surface area contributed by atoms with Gasteiger partial charge in [-0.1, -0.05) is 30.2 Å². The standard InChI is InChI=1S/C9H20N2O6/c1-2-3-5-9(11(16)17,7-10(14)15)6-4-8(12)13/h14-17H,2-7H2,1H3,(H,12,13). The molecule has 8 heteroatoms. The van der Waals surface area contributed by atoms with E-state index < -0.39 is 18.1 Å². The first-order valence-corrected chi connectivity index (χ1v) is 5.39. The molecule has 0 aromatic rings. The van der Waals surface area contributed by atoms with E-state index in [4.69, 9.17) is 15.5 Å². The highest BCUT2D eigenvalue weighted by Gasteiger charge is 2.38. The van der Waals surface area contributed by atoms with E-state index in [1.807, 2.05) is 6.92 Å². The van der Waals surface area contributed by atoms with Crippen LogP contribution in [0.2, 0.25) is 0 Å². The van der Waals surface area contributed by atoms with Crippen molar-refractivity contribution in [2.24, 2.45) is 0 Å². The molecule has 1 unspecified atom stereocenters. The third-order valence-electron chi connectivity index (χ3n) is 2.66. The summed E-state index contributed by atoms with van der Waals surface area (Å²) in [5.41, 5.74) is -1.40. The van der Waals surface area contributed by atoms with Gasteiger partial charge in [-0.05, 0) is 12.8 Å². The van der Waals surface area contributed by atoms with Crippen LogP contribution in [0.4, 0.5) is 0 Å². The van der Waals surface area contributed by atoms with Crippen molar-refractivity contribution in [3.63, 3.8) is 0 Å². The number of unbranched alkanes of at least 4 members (excludes halogenated alkanes) is 1. The second kappa shape index (κ2) is 7.54. The molecule has 5 N–H and O–H groups in total. The summed E-state index contributed by atoms with van der Waals surface area (Å²) >= 11 is 0. The van der Waals surface area contributed by atoms with Crippen LogP contribution in [-0.4, -0.2) is 54.4 Å². The molecule has 0 heterocycles.